The number of aromatic nitrogens is 1. The molecule has 0 spiro atoms. The third-order valence-corrected chi connectivity index (χ3v) is 2.54. The number of hydrogen-bond donors (Lipinski definition) is 2. The standard InChI is InChI=1S/C11H16N2O/c14-8-5-11(13-10-1-2-10)9-3-6-12-7-4-9/h3-4,6-7,10-11,13-14H,1-2,5,8H2. The summed E-state index contributed by atoms with van der Waals surface area (Å²) in [5.74, 6) is 0. The normalized spacial score (nSPS) is 18.1. The lowest BCUT2D eigenvalue weighted by Crippen LogP contribution is -2.24. The molecule has 0 aromatic carbocycles. The summed E-state index contributed by atoms with van der Waals surface area (Å²) in [4.78, 5) is 3.99. The second-order valence-corrected chi connectivity index (χ2v) is 3.79. The van der Waals surface area contributed by atoms with Gasteiger partial charge >= 0.3 is 0 Å². The van der Waals surface area contributed by atoms with Gasteiger partial charge in [-0.15, -0.1) is 0 Å². The molecule has 1 aliphatic rings. The second-order valence-electron chi connectivity index (χ2n) is 3.79. The molecule has 0 saturated heterocycles. The maximum absolute atomic E-state index is 8.98. The number of nitrogens with zero attached hydrogens (tertiary/aromatic N) is 1. The predicted molar refractivity (Wildman–Crippen MR) is 54.8 cm³/mol. The molecule has 1 fully saturated rings. The van der Waals surface area contributed by atoms with E-state index in [1.165, 1.54) is 18.4 Å². The van der Waals surface area contributed by atoms with Crippen molar-refractivity contribution in [3.05, 3.63) is 30.1 Å². The number of aliphatic hydroxyl groups excluding tert-OH is 1. The first-order valence-corrected chi connectivity index (χ1v) is 5.17. The fourth-order valence-electron chi connectivity index (χ4n) is 1.61. The lowest BCUT2D eigenvalue weighted by Gasteiger charge is -2.17. The molecule has 0 aliphatic heterocycles. The van der Waals surface area contributed by atoms with E-state index < -0.39 is 0 Å². The van der Waals surface area contributed by atoms with Crippen molar-refractivity contribution in [2.75, 3.05) is 6.61 Å². The highest BCUT2D eigenvalue weighted by atomic mass is 16.3. The second kappa shape index (κ2) is 4.53. The smallest absolute Gasteiger partial charge is 0.0449 e. The number of hydrogen-bond acceptors (Lipinski definition) is 3. The zero-order valence-electron chi connectivity index (χ0n) is 8.19. The van der Waals surface area contributed by atoms with Crippen LogP contribution in [0.4, 0.5) is 0 Å². The van der Waals surface area contributed by atoms with Gasteiger partial charge in [-0.2, -0.15) is 0 Å². The van der Waals surface area contributed by atoms with Crippen molar-refractivity contribution in [2.24, 2.45) is 0 Å². The predicted octanol–water partition coefficient (Wildman–Crippen LogP) is 1.26. The van der Waals surface area contributed by atoms with Gasteiger partial charge in [0.1, 0.15) is 0 Å². The van der Waals surface area contributed by atoms with Crippen LogP contribution in [0.5, 0.6) is 0 Å². The van der Waals surface area contributed by atoms with Gasteiger partial charge in [-0.05, 0) is 37.0 Å². The summed E-state index contributed by atoms with van der Waals surface area (Å²) in [5.41, 5.74) is 1.22. The molecule has 1 heterocycles. The van der Waals surface area contributed by atoms with Crippen LogP contribution >= 0.6 is 0 Å². The summed E-state index contributed by atoms with van der Waals surface area (Å²) >= 11 is 0. The zero-order valence-corrected chi connectivity index (χ0v) is 8.19. The number of pyridine rings is 1. The molecule has 1 aromatic heterocycles. The van der Waals surface area contributed by atoms with Gasteiger partial charge < -0.3 is 10.4 Å². The van der Waals surface area contributed by atoms with Crippen LogP contribution in [0.2, 0.25) is 0 Å². The quantitative estimate of drug-likeness (QED) is 0.738. The number of rotatable bonds is 5. The lowest BCUT2D eigenvalue weighted by atomic mass is 10.1. The molecule has 1 atom stereocenters. The summed E-state index contributed by atoms with van der Waals surface area (Å²) < 4.78 is 0. The van der Waals surface area contributed by atoms with E-state index >= 15 is 0 Å². The van der Waals surface area contributed by atoms with E-state index in [0.717, 1.165) is 6.42 Å². The van der Waals surface area contributed by atoms with Crippen molar-refractivity contribution in [3.8, 4) is 0 Å². The van der Waals surface area contributed by atoms with Crippen LogP contribution in [0.25, 0.3) is 0 Å². The fraction of sp³-hybridized carbons (Fsp3) is 0.545. The van der Waals surface area contributed by atoms with Crippen molar-refractivity contribution in [2.45, 2.75) is 31.3 Å². The highest BCUT2D eigenvalue weighted by molar-refractivity contribution is 5.15. The van der Waals surface area contributed by atoms with Gasteiger partial charge in [0.25, 0.3) is 0 Å². The van der Waals surface area contributed by atoms with Crippen LogP contribution in [-0.2, 0) is 0 Å². The van der Waals surface area contributed by atoms with E-state index in [9.17, 15) is 0 Å². The summed E-state index contributed by atoms with van der Waals surface area (Å²) in [6.07, 6.45) is 6.92. The van der Waals surface area contributed by atoms with Gasteiger partial charge in [0.05, 0.1) is 0 Å². The summed E-state index contributed by atoms with van der Waals surface area (Å²) in [6, 6.07) is 4.97. The molecule has 1 unspecified atom stereocenters. The third kappa shape index (κ3) is 2.53. The van der Waals surface area contributed by atoms with Gasteiger partial charge in [0, 0.05) is 31.1 Å². The Bertz CT molecular complexity index is 272. The van der Waals surface area contributed by atoms with Crippen LogP contribution in [0.3, 0.4) is 0 Å². The van der Waals surface area contributed by atoms with E-state index in [2.05, 4.69) is 10.3 Å². The van der Waals surface area contributed by atoms with E-state index in [1.54, 1.807) is 12.4 Å². The summed E-state index contributed by atoms with van der Waals surface area (Å²) in [6.45, 7) is 0.229. The minimum absolute atomic E-state index is 0.229. The van der Waals surface area contributed by atoms with Crippen molar-refractivity contribution >= 4 is 0 Å². The highest BCUT2D eigenvalue weighted by Crippen LogP contribution is 2.25. The van der Waals surface area contributed by atoms with Crippen LogP contribution in [0.1, 0.15) is 30.9 Å². The van der Waals surface area contributed by atoms with Gasteiger partial charge in [-0.3, -0.25) is 4.98 Å². The van der Waals surface area contributed by atoms with E-state index in [-0.39, 0.29) is 12.6 Å². The molecule has 76 valence electrons. The van der Waals surface area contributed by atoms with E-state index in [0.29, 0.717) is 6.04 Å². The largest absolute Gasteiger partial charge is 0.396 e. The van der Waals surface area contributed by atoms with Gasteiger partial charge in [-0.25, -0.2) is 0 Å². The first-order chi connectivity index (χ1) is 6.90. The fourth-order valence-corrected chi connectivity index (χ4v) is 1.61. The molecule has 1 aromatic rings. The average Bonchev–Trinajstić information content (AvgIpc) is 3.03. The SMILES string of the molecule is OCCC(NC1CC1)c1ccncc1. The lowest BCUT2D eigenvalue weighted by molar-refractivity contribution is 0.265. The van der Waals surface area contributed by atoms with Crippen molar-refractivity contribution in [1.29, 1.82) is 0 Å². The Kier molecular flexibility index (Phi) is 3.11. The Morgan fingerprint density at radius 1 is 1.43 bits per heavy atom. The Hall–Kier alpha value is -0.930. The topological polar surface area (TPSA) is 45.1 Å². The monoisotopic (exact) mass is 192 g/mol. The van der Waals surface area contributed by atoms with Crippen LogP contribution in [0, 0.1) is 0 Å². The highest BCUT2D eigenvalue weighted by Gasteiger charge is 2.24. The van der Waals surface area contributed by atoms with Crippen molar-refractivity contribution < 1.29 is 5.11 Å². The zero-order chi connectivity index (χ0) is 9.80. The first-order valence-electron chi connectivity index (χ1n) is 5.17. The summed E-state index contributed by atoms with van der Waals surface area (Å²) in [7, 11) is 0. The molecule has 0 amide bonds. The molecule has 3 heteroatoms. The van der Waals surface area contributed by atoms with E-state index in [1.807, 2.05) is 12.1 Å². The van der Waals surface area contributed by atoms with E-state index in [4.69, 9.17) is 5.11 Å². The number of aliphatic hydroxyl groups is 1. The molecule has 2 N–H and O–H groups in total. The first kappa shape index (κ1) is 9.62. The van der Waals surface area contributed by atoms with Crippen molar-refractivity contribution in [3.63, 3.8) is 0 Å². The van der Waals surface area contributed by atoms with Gasteiger partial charge in [0.15, 0.2) is 0 Å². The molecule has 0 radical (unpaired) electrons. The van der Waals surface area contributed by atoms with Crippen LogP contribution in [-0.4, -0.2) is 22.7 Å². The van der Waals surface area contributed by atoms with Gasteiger partial charge in [-0.1, -0.05) is 0 Å². The third-order valence-electron chi connectivity index (χ3n) is 2.54. The molecule has 1 aliphatic carbocycles. The minimum Gasteiger partial charge on any atom is -0.396 e. The molecule has 14 heavy (non-hydrogen) atoms. The molecule has 2 rings (SSSR count). The Morgan fingerprint density at radius 2 is 2.14 bits per heavy atom. The van der Waals surface area contributed by atoms with Crippen molar-refractivity contribution in [1.82, 2.24) is 10.3 Å². The number of nitrogens with one attached hydrogen (secondary N) is 1. The van der Waals surface area contributed by atoms with Crippen LogP contribution in [0.15, 0.2) is 24.5 Å². The molecular weight excluding hydrogens is 176 g/mol. The minimum atomic E-state index is 0.229. The molecule has 3 nitrogen and oxygen atoms in total. The summed E-state index contributed by atoms with van der Waals surface area (Å²) in [5, 5.41) is 12.5. The Labute approximate surface area is 84.2 Å². The van der Waals surface area contributed by atoms with Gasteiger partial charge in [0.2, 0.25) is 0 Å². The van der Waals surface area contributed by atoms with Crippen LogP contribution < -0.4 is 5.32 Å². The molecule has 1 saturated carbocycles. The molecule has 0 bridgehead atoms. The Morgan fingerprint density at radius 3 is 2.71 bits per heavy atom. The maximum Gasteiger partial charge on any atom is 0.0449 e. The maximum atomic E-state index is 8.98. The molecular formula is C11H16N2O. The Balaban J connectivity index is 2.01. The average molecular weight is 192 g/mol.